The molecule has 7 nitrogen and oxygen atoms in total. The molecule has 0 aliphatic carbocycles. The van der Waals surface area contributed by atoms with Crippen LogP contribution in [-0.4, -0.2) is 28.4 Å². The monoisotopic (exact) mass is 459 g/mol. The summed E-state index contributed by atoms with van der Waals surface area (Å²) in [4.78, 5) is 30.1. The predicted octanol–water partition coefficient (Wildman–Crippen LogP) is 5.31. The Balaban J connectivity index is 1.49. The van der Waals surface area contributed by atoms with Crippen molar-refractivity contribution < 1.29 is 18.7 Å². The van der Waals surface area contributed by atoms with Gasteiger partial charge in [-0.15, -0.1) is 0 Å². The zero-order valence-electron chi connectivity index (χ0n) is 17.5. The number of carbonyl (C=O) groups excluding carboxylic acids is 2. The second-order valence-corrected chi connectivity index (χ2v) is 7.89. The van der Waals surface area contributed by atoms with Gasteiger partial charge in [0.2, 0.25) is 0 Å². The molecule has 3 aromatic carbocycles. The number of amides is 1. The van der Waals surface area contributed by atoms with E-state index in [4.69, 9.17) is 20.8 Å². The Labute approximate surface area is 193 Å². The van der Waals surface area contributed by atoms with Crippen LogP contribution in [0.2, 0.25) is 5.02 Å². The SMILES string of the molecule is COc1ccc2c(c1)c(C(=O)C(=O)Nc1nc3ccccc3o1)cn2Cc1ccc(Cl)cc1. The summed E-state index contributed by atoms with van der Waals surface area (Å²) in [5.41, 5.74) is 3.16. The van der Waals surface area contributed by atoms with Gasteiger partial charge >= 0.3 is 6.01 Å². The molecule has 164 valence electrons. The van der Waals surface area contributed by atoms with E-state index in [1.54, 1.807) is 37.6 Å². The number of nitrogens with zero attached hydrogens (tertiary/aromatic N) is 2. The normalized spacial score (nSPS) is 11.1. The number of hydrogen-bond donors (Lipinski definition) is 1. The van der Waals surface area contributed by atoms with E-state index in [9.17, 15) is 9.59 Å². The predicted molar refractivity (Wildman–Crippen MR) is 126 cm³/mol. The van der Waals surface area contributed by atoms with Crippen molar-refractivity contribution in [2.45, 2.75) is 6.54 Å². The highest BCUT2D eigenvalue weighted by molar-refractivity contribution is 6.48. The molecule has 8 heteroatoms. The van der Waals surface area contributed by atoms with Gasteiger partial charge in [0.1, 0.15) is 11.3 Å². The molecule has 5 rings (SSSR count). The van der Waals surface area contributed by atoms with Gasteiger partial charge in [0, 0.05) is 28.7 Å². The molecule has 0 unspecified atom stereocenters. The van der Waals surface area contributed by atoms with Gasteiger partial charge in [-0.25, -0.2) is 0 Å². The summed E-state index contributed by atoms with van der Waals surface area (Å²) >= 11 is 5.99. The Morgan fingerprint density at radius 2 is 1.88 bits per heavy atom. The lowest BCUT2D eigenvalue weighted by molar-refractivity contribution is -0.112. The standard InChI is InChI=1S/C25H18ClN3O4/c1-32-17-10-11-21-18(12-17)19(14-29(21)13-15-6-8-16(26)9-7-15)23(30)24(31)28-25-27-20-4-2-3-5-22(20)33-25/h2-12,14H,13H2,1H3,(H,27,28,31). The number of ether oxygens (including phenoxy) is 1. The fourth-order valence-electron chi connectivity index (χ4n) is 3.70. The maximum Gasteiger partial charge on any atom is 0.302 e. The lowest BCUT2D eigenvalue weighted by Crippen LogP contribution is -2.22. The largest absolute Gasteiger partial charge is 0.497 e. The number of hydrogen-bond acceptors (Lipinski definition) is 5. The van der Waals surface area contributed by atoms with Crippen molar-refractivity contribution in [3.8, 4) is 5.75 Å². The van der Waals surface area contributed by atoms with Gasteiger partial charge in [0.25, 0.3) is 11.7 Å². The number of carbonyl (C=O) groups is 2. The number of ketones is 1. The van der Waals surface area contributed by atoms with Crippen molar-refractivity contribution in [2.24, 2.45) is 0 Å². The van der Waals surface area contributed by atoms with Crippen LogP contribution in [0.5, 0.6) is 5.75 Å². The molecule has 0 bridgehead atoms. The molecule has 33 heavy (non-hydrogen) atoms. The minimum absolute atomic E-state index is 0.0305. The van der Waals surface area contributed by atoms with E-state index in [0.29, 0.717) is 33.8 Å². The van der Waals surface area contributed by atoms with E-state index < -0.39 is 11.7 Å². The lowest BCUT2D eigenvalue weighted by Gasteiger charge is -2.06. The average molecular weight is 460 g/mol. The maximum absolute atomic E-state index is 13.1. The quantitative estimate of drug-likeness (QED) is 0.274. The number of nitrogens with one attached hydrogen (secondary N) is 1. The first-order valence-electron chi connectivity index (χ1n) is 10.1. The smallest absolute Gasteiger partial charge is 0.302 e. The number of aromatic nitrogens is 2. The molecule has 0 aliphatic rings. The second kappa shape index (κ2) is 8.44. The van der Waals surface area contributed by atoms with Gasteiger partial charge in [-0.1, -0.05) is 35.9 Å². The van der Waals surface area contributed by atoms with E-state index in [1.807, 2.05) is 47.0 Å². The zero-order valence-corrected chi connectivity index (χ0v) is 18.3. The van der Waals surface area contributed by atoms with Crippen molar-refractivity contribution >= 4 is 51.3 Å². The highest BCUT2D eigenvalue weighted by atomic mass is 35.5. The Bertz CT molecular complexity index is 1470. The molecule has 0 aliphatic heterocycles. The van der Waals surface area contributed by atoms with E-state index in [1.165, 1.54) is 0 Å². The molecule has 0 saturated heterocycles. The first-order chi connectivity index (χ1) is 16.0. The molecule has 0 fully saturated rings. The topological polar surface area (TPSA) is 86.4 Å². The van der Waals surface area contributed by atoms with Crippen molar-refractivity contribution in [3.63, 3.8) is 0 Å². The Morgan fingerprint density at radius 3 is 2.64 bits per heavy atom. The maximum atomic E-state index is 13.1. The van der Waals surface area contributed by atoms with E-state index in [-0.39, 0.29) is 11.6 Å². The molecule has 2 aromatic heterocycles. The number of benzene rings is 3. The Morgan fingerprint density at radius 1 is 1.09 bits per heavy atom. The van der Waals surface area contributed by atoms with E-state index in [0.717, 1.165) is 11.1 Å². The van der Waals surface area contributed by atoms with E-state index >= 15 is 0 Å². The van der Waals surface area contributed by atoms with Gasteiger partial charge < -0.3 is 13.7 Å². The van der Waals surface area contributed by atoms with Gasteiger partial charge in [0.15, 0.2) is 5.58 Å². The first kappa shape index (κ1) is 20.8. The van der Waals surface area contributed by atoms with Crippen LogP contribution >= 0.6 is 11.6 Å². The van der Waals surface area contributed by atoms with Gasteiger partial charge in [-0.2, -0.15) is 4.98 Å². The fraction of sp³-hybridized carbons (Fsp3) is 0.0800. The van der Waals surface area contributed by atoms with Crippen molar-refractivity contribution in [1.29, 1.82) is 0 Å². The van der Waals surface area contributed by atoms with Crippen LogP contribution in [0, 0.1) is 0 Å². The Hall–Kier alpha value is -4.10. The lowest BCUT2D eigenvalue weighted by atomic mass is 10.1. The third-order valence-electron chi connectivity index (χ3n) is 5.32. The molecule has 5 aromatic rings. The minimum atomic E-state index is -0.838. The molecule has 2 heterocycles. The summed E-state index contributed by atoms with van der Waals surface area (Å²) in [5.74, 6) is -0.958. The third kappa shape index (κ3) is 4.06. The van der Waals surface area contributed by atoms with E-state index in [2.05, 4.69) is 10.3 Å². The van der Waals surface area contributed by atoms with Gasteiger partial charge in [-0.3, -0.25) is 14.9 Å². The number of rotatable bonds is 6. The highest BCUT2D eigenvalue weighted by Gasteiger charge is 2.24. The van der Waals surface area contributed by atoms with Crippen LogP contribution in [0.25, 0.3) is 22.0 Å². The molecule has 0 radical (unpaired) electrons. The zero-order chi connectivity index (χ0) is 22.9. The molecule has 0 saturated carbocycles. The summed E-state index contributed by atoms with van der Waals surface area (Å²) in [5, 5.41) is 3.72. The molecular weight excluding hydrogens is 442 g/mol. The van der Waals surface area contributed by atoms with Gasteiger partial charge in [-0.05, 0) is 48.0 Å². The Kier molecular flexibility index (Phi) is 5.32. The summed E-state index contributed by atoms with van der Waals surface area (Å²) in [7, 11) is 1.55. The number of anilines is 1. The van der Waals surface area contributed by atoms with Crippen LogP contribution < -0.4 is 10.1 Å². The number of fused-ring (bicyclic) bond motifs is 2. The first-order valence-corrected chi connectivity index (χ1v) is 10.5. The molecule has 1 amide bonds. The summed E-state index contributed by atoms with van der Waals surface area (Å²) in [6, 6.07) is 19.9. The number of Topliss-reactive ketones (excluding diaryl/α,β-unsaturated/α-hetero) is 1. The van der Waals surface area contributed by atoms with Crippen LogP contribution in [0.1, 0.15) is 15.9 Å². The van der Waals surface area contributed by atoms with Crippen molar-refractivity contribution in [2.75, 3.05) is 12.4 Å². The third-order valence-corrected chi connectivity index (χ3v) is 5.57. The second-order valence-electron chi connectivity index (χ2n) is 7.45. The summed E-state index contributed by atoms with van der Waals surface area (Å²) < 4.78 is 12.8. The van der Waals surface area contributed by atoms with Crippen molar-refractivity contribution in [3.05, 3.63) is 89.1 Å². The van der Waals surface area contributed by atoms with Crippen LogP contribution in [0.15, 0.2) is 77.3 Å². The van der Waals surface area contributed by atoms with Crippen LogP contribution in [0.3, 0.4) is 0 Å². The van der Waals surface area contributed by atoms with Crippen LogP contribution in [-0.2, 0) is 11.3 Å². The molecular formula is C25H18ClN3O4. The van der Waals surface area contributed by atoms with Crippen LogP contribution in [0.4, 0.5) is 6.01 Å². The summed E-state index contributed by atoms with van der Waals surface area (Å²) in [6.45, 7) is 0.500. The number of oxazole rings is 1. The number of para-hydroxylation sites is 2. The van der Waals surface area contributed by atoms with Crippen molar-refractivity contribution in [1.82, 2.24) is 9.55 Å². The highest BCUT2D eigenvalue weighted by Crippen LogP contribution is 2.28. The fourth-order valence-corrected chi connectivity index (χ4v) is 3.83. The van der Waals surface area contributed by atoms with Gasteiger partial charge in [0.05, 0.1) is 12.7 Å². The minimum Gasteiger partial charge on any atom is -0.497 e. The molecule has 1 N–H and O–H groups in total. The number of halogens is 1. The number of methoxy groups -OCH3 is 1. The molecule has 0 spiro atoms. The molecule has 0 atom stereocenters. The summed E-state index contributed by atoms with van der Waals surface area (Å²) in [6.07, 6.45) is 1.67. The average Bonchev–Trinajstić information content (AvgIpc) is 3.40.